The lowest BCUT2D eigenvalue weighted by molar-refractivity contribution is -0.220. The monoisotopic (exact) mass is 835 g/mol. The van der Waals surface area contributed by atoms with Crippen molar-refractivity contribution in [3.8, 4) is 0 Å². The number of rotatable bonds is 36. The second kappa shape index (κ2) is 34.1. The molecule has 57 heavy (non-hydrogen) atoms. The van der Waals surface area contributed by atoms with Crippen LogP contribution >= 0.6 is 7.82 Å². The third-order valence-electron chi connectivity index (χ3n) is 10.3. The van der Waals surface area contributed by atoms with Crippen LogP contribution in [0.2, 0.25) is 0 Å². The van der Waals surface area contributed by atoms with Gasteiger partial charge in [-0.1, -0.05) is 128 Å². The zero-order valence-electron chi connectivity index (χ0n) is 35.1. The standard InChI is InChI=1S/C43H79O13P/c1-3-5-7-9-11-13-15-17-18-20-21-23-25-27-29-31-36(44)53-33-35(34-54-57(51,52)56-43-41(49)39(47)38(46)40(48)42(43)50)55-37(45)32-30-28-26-24-22-19-16-14-12-10-8-6-4-2/h13-16,35,38-43,46-50H,3-12,17-34H2,1-2H3,(H,51,52). The molecule has 0 saturated heterocycles. The fraction of sp³-hybridized carbons (Fsp3) is 0.860. The van der Waals surface area contributed by atoms with E-state index in [1.165, 1.54) is 70.6 Å². The first-order valence-corrected chi connectivity index (χ1v) is 23.6. The van der Waals surface area contributed by atoms with E-state index in [0.29, 0.717) is 12.8 Å². The zero-order chi connectivity index (χ0) is 42.2. The van der Waals surface area contributed by atoms with Gasteiger partial charge in [0.25, 0.3) is 0 Å². The minimum absolute atomic E-state index is 0.0871. The Hall–Kier alpha value is -1.67. The Morgan fingerprint density at radius 3 is 1.33 bits per heavy atom. The van der Waals surface area contributed by atoms with E-state index in [0.717, 1.165) is 70.6 Å². The molecule has 1 aliphatic rings. The van der Waals surface area contributed by atoms with E-state index in [9.17, 15) is 44.6 Å². The first kappa shape index (κ1) is 53.3. The molecule has 0 aliphatic heterocycles. The van der Waals surface area contributed by atoms with Crippen LogP contribution in [0.15, 0.2) is 24.3 Å². The summed E-state index contributed by atoms with van der Waals surface area (Å²) in [5, 5.41) is 50.1. The van der Waals surface area contributed by atoms with Gasteiger partial charge in [-0.2, -0.15) is 0 Å². The van der Waals surface area contributed by atoms with Crippen molar-refractivity contribution in [3.63, 3.8) is 0 Å². The Morgan fingerprint density at radius 1 is 0.526 bits per heavy atom. The van der Waals surface area contributed by atoms with Gasteiger partial charge in [-0.05, 0) is 64.2 Å². The predicted octanol–water partition coefficient (Wildman–Crippen LogP) is 8.06. The summed E-state index contributed by atoms with van der Waals surface area (Å²) in [5.41, 5.74) is 0. The second-order valence-electron chi connectivity index (χ2n) is 15.5. The quantitative estimate of drug-likeness (QED) is 0.0153. The van der Waals surface area contributed by atoms with Crippen molar-refractivity contribution in [2.45, 2.75) is 224 Å². The van der Waals surface area contributed by atoms with E-state index in [-0.39, 0.29) is 12.8 Å². The molecule has 13 nitrogen and oxygen atoms in total. The van der Waals surface area contributed by atoms with E-state index in [1.54, 1.807) is 0 Å². The number of aliphatic hydroxyl groups is 5. The lowest BCUT2D eigenvalue weighted by Crippen LogP contribution is -2.64. The molecular weight excluding hydrogens is 755 g/mol. The highest BCUT2D eigenvalue weighted by Gasteiger charge is 2.51. The number of esters is 2. The smallest absolute Gasteiger partial charge is 0.462 e. The fourth-order valence-corrected chi connectivity index (χ4v) is 7.60. The SMILES string of the molecule is CCCCCCC=CCCCCCCCCCC(=O)OCC(COP(=O)(O)OC1C(O)C(O)C(O)C(O)C1O)OC(=O)CCCCCCCC=CCCCCCC. The molecule has 0 spiro atoms. The van der Waals surface area contributed by atoms with Crippen LogP contribution in [0.25, 0.3) is 0 Å². The van der Waals surface area contributed by atoms with Crippen LogP contribution in [0.3, 0.4) is 0 Å². The average molecular weight is 835 g/mol. The highest BCUT2D eigenvalue weighted by Crippen LogP contribution is 2.47. The zero-order valence-corrected chi connectivity index (χ0v) is 36.0. The van der Waals surface area contributed by atoms with Crippen molar-refractivity contribution in [1.82, 2.24) is 0 Å². The summed E-state index contributed by atoms with van der Waals surface area (Å²) in [7, 11) is -5.11. The van der Waals surface area contributed by atoms with Gasteiger partial charge in [0.2, 0.25) is 0 Å². The van der Waals surface area contributed by atoms with Crippen molar-refractivity contribution in [3.05, 3.63) is 24.3 Å². The van der Waals surface area contributed by atoms with E-state index in [1.807, 2.05) is 0 Å². The maximum absolute atomic E-state index is 12.8. The third kappa shape index (κ3) is 26.9. The predicted molar refractivity (Wildman–Crippen MR) is 221 cm³/mol. The lowest BCUT2D eigenvalue weighted by Gasteiger charge is -2.41. The summed E-state index contributed by atoms with van der Waals surface area (Å²) >= 11 is 0. The first-order chi connectivity index (χ1) is 27.4. The van der Waals surface area contributed by atoms with Gasteiger partial charge < -0.3 is 39.9 Å². The number of phosphoric ester groups is 1. The van der Waals surface area contributed by atoms with Gasteiger partial charge in [-0.3, -0.25) is 18.6 Å². The van der Waals surface area contributed by atoms with Crippen LogP contribution in [0, 0.1) is 0 Å². The number of hydrogen-bond acceptors (Lipinski definition) is 12. The van der Waals surface area contributed by atoms with Crippen molar-refractivity contribution in [2.24, 2.45) is 0 Å². The molecule has 6 unspecified atom stereocenters. The molecule has 0 aromatic carbocycles. The molecule has 6 N–H and O–H groups in total. The Morgan fingerprint density at radius 2 is 0.895 bits per heavy atom. The summed E-state index contributed by atoms with van der Waals surface area (Å²) < 4.78 is 33.4. The van der Waals surface area contributed by atoms with Gasteiger partial charge in [-0.15, -0.1) is 0 Å². The summed E-state index contributed by atoms with van der Waals surface area (Å²) in [6.45, 7) is 3.25. The van der Waals surface area contributed by atoms with Gasteiger partial charge >= 0.3 is 19.8 Å². The average Bonchev–Trinajstić information content (AvgIpc) is 3.19. The maximum Gasteiger partial charge on any atom is 0.472 e. The Bertz CT molecular complexity index is 1100. The van der Waals surface area contributed by atoms with Gasteiger partial charge in [0.15, 0.2) is 6.10 Å². The number of allylic oxidation sites excluding steroid dienone is 4. The molecule has 14 heteroatoms. The molecule has 1 saturated carbocycles. The largest absolute Gasteiger partial charge is 0.472 e. The normalized spacial score (nSPS) is 22.9. The van der Waals surface area contributed by atoms with Crippen molar-refractivity contribution >= 4 is 19.8 Å². The molecule has 0 aromatic rings. The molecule has 1 fully saturated rings. The summed E-state index contributed by atoms with van der Waals surface area (Å²) in [6.07, 6.45) is 22.4. The van der Waals surface area contributed by atoms with Crippen LogP contribution in [0.1, 0.15) is 181 Å². The van der Waals surface area contributed by atoms with E-state index >= 15 is 0 Å². The topological polar surface area (TPSA) is 210 Å². The summed E-state index contributed by atoms with van der Waals surface area (Å²) in [5.74, 6) is -1.11. The number of phosphoric acid groups is 1. The minimum atomic E-state index is -5.11. The molecule has 0 aromatic heterocycles. The third-order valence-corrected chi connectivity index (χ3v) is 11.3. The van der Waals surface area contributed by atoms with E-state index in [4.69, 9.17) is 18.5 Å². The molecule has 6 atom stereocenters. The number of ether oxygens (including phenoxy) is 2. The lowest BCUT2D eigenvalue weighted by atomic mass is 9.85. The van der Waals surface area contributed by atoms with Gasteiger partial charge in [0.05, 0.1) is 6.61 Å². The Balaban J connectivity index is 2.49. The van der Waals surface area contributed by atoms with Gasteiger partial charge in [-0.25, -0.2) is 4.57 Å². The summed E-state index contributed by atoms with van der Waals surface area (Å²) in [4.78, 5) is 35.6. The molecule has 0 heterocycles. The van der Waals surface area contributed by atoms with Crippen molar-refractivity contribution in [1.29, 1.82) is 0 Å². The van der Waals surface area contributed by atoms with Gasteiger partial charge in [0.1, 0.15) is 43.2 Å². The van der Waals surface area contributed by atoms with E-state index < -0.39 is 75.7 Å². The number of aliphatic hydroxyl groups excluding tert-OH is 5. The number of carbonyl (C=O) groups is 2. The molecule has 0 radical (unpaired) electrons. The maximum atomic E-state index is 12.8. The van der Waals surface area contributed by atoms with E-state index in [2.05, 4.69) is 38.2 Å². The van der Waals surface area contributed by atoms with Crippen LogP contribution in [-0.4, -0.2) is 98.3 Å². The highest BCUT2D eigenvalue weighted by atomic mass is 31.2. The molecule has 1 aliphatic carbocycles. The van der Waals surface area contributed by atoms with Crippen LogP contribution in [-0.2, 0) is 32.7 Å². The first-order valence-electron chi connectivity index (χ1n) is 22.1. The number of hydrogen-bond donors (Lipinski definition) is 6. The fourth-order valence-electron chi connectivity index (χ4n) is 6.63. The molecule has 0 amide bonds. The van der Waals surface area contributed by atoms with Crippen LogP contribution in [0.5, 0.6) is 0 Å². The molecule has 1 rings (SSSR count). The molecular formula is C43H79O13P. The van der Waals surface area contributed by atoms with Crippen molar-refractivity contribution in [2.75, 3.05) is 13.2 Å². The van der Waals surface area contributed by atoms with Crippen molar-refractivity contribution < 1.29 is 63.1 Å². The van der Waals surface area contributed by atoms with Crippen LogP contribution < -0.4 is 0 Å². The summed E-state index contributed by atoms with van der Waals surface area (Å²) in [6, 6.07) is 0. The van der Waals surface area contributed by atoms with Gasteiger partial charge in [0, 0.05) is 12.8 Å². The number of carbonyl (C=O) groups excluding carboxylic acids is 2. The number of unbranched alkanes of at least 4 members (excludes halogenated alkanes) is 20. The minimum Gasteiger partial charge on any atom is -0.462 e. The molecule has 0 bridgehead atoms. The van der Waals surface area contributed by atoms with Crippen LogP contribution in [0.4, 0.5) is 0 Å². The Kier molecular flexibility index (Phi) is 31.9. The molecule has 334 valence electrons. The Labute approximate surface area is 343 Å². The highest BCUT2D eigenvalue weighted by molar-refractivity contribution is 7.47. The second-order valence-corrected chi connectivity index (χ2v) is 16.9.